The molecule has 1 fully saturated rings. The molecule has 0 radical (unpaired) electrons. The molecule has 1 aromatic heterocycles. The number of amides is 2. The number of ether oxygens (including phenoxy) is 1. The van der Waals surface area contributed by atoms with Gasteiger partial charge in [-0.15, -0.1) is 0 Å². The standard InChI is InChI=1S/C30H30ClN3O4/c1-34-22-16-25(38-13-7-12-32-17-8-3-2-4-9-17)24(35)15-20(22)26-23(34)14-19(18-10-5-6-11-21(18)31)27-28(26)30(37)33-29(27)36/h5-6,10-11,14-17,32,35H,2-4,7-9,12-13H2,1H3,(H,33,36,37). The smallest absolute Gasteiger partial charge is 0.259 e. The highest BCUT2D eigenvalue weighted by Gasteiger charge is 2.35. The van der Waals surface area contributed by atoms with E-state index >= 15 is 0 Å². The summed E-state index contributed by atoms with van der Waals surface area (Å²) in [5.74, 6) is -0.519. The number of phenolic OH excluding ortho intramolecular Hbond substituents is 1. The van der Waals surface area contributed by atoms with E-state index in [9.17, 15) is 14.7 Å². The van der Waals surface area contributed by atoms with Gasteiger partial charge >= 0.3 is 0 Å². The number of fused-ring (bicyclic) bond motifs is 5. The Bertz CT molecular complexity index is 1590. The first-order valence-corrected chi connectivity index (χ1v) is 13.6. The lowest BCUT2D eigenvalue weighted by molar-refractivity contribution is 0.0880. The molecule has 0 spiro atoms. The molecule has 0 unspecified atom stereocenters. The van der Waals surface area contributed by atoms with Crippen molar-refractivity contribution in [2.24, 2.45) is 7.05 Å². The minimum Gasteiger partial charge on any atom is -0.504 e. The van der Waals surface area contributed by atoms with Gasteiger partial charge in [-0.3, -0.25) is 14.9 Å². The average Bonchev–Trinajstić information content (AvgIpc) is 3.36. The van der Waals surface area contributed by atoms with Crippen molar-refractivity contribution in [1.82, 2.24) is 15.2 Å². The van der Waals surface area contributed by atoms with Crippen molar-refractivity contribution in [2.45, 2.75) is 44.6 Å². The number of aromatic nitrogens is 1. The van der Waals surface area contributed by atoms with Crippen LogP contribution in [-0.4, -0.2) is 40.7 Å². The summed E-state index contributed by atoms with van der Waals surface area (Å²) in [5.41, 5.74) is 3.42. The van der Waals surface area contributed by atoms with Crippen LogP contribution in [0.4, 0.5) is 0 Å². The topological polar surface area (TPSA) is 92.6 Å². The third-order valence-electron chi connectivity index (χ3n) is 7.84. The van der Waals surface area contributed by atoms with Gasteiger partial charge in [-0.05, 0) is 49.6 Å². The maximum absolute atomic E-state index is 13.0. The zero-order valence-electron chi connectivity index (χ0n) is 21.3. The molecule has 6 rings (SSSR count). The van der Waals surface area contributed by atoms with E-state index in [1.165, 1.54) is 32.1 Å². The number of halogens is 1. The number of hydrogen-bond acceptors (Lipinski definition) is 5. The van der Waals surface area contributed by atoms with Crippen molar-refractivity contribution in [3.63, 3.8) is 0 Å². The van der Waals surface area contributed by atoms with Gasteiger partial charge in [0.15, 0.2) is 11.5 Å². The molecule has 7 nitrogen and oxygen atoms in total. The summed E-state index contributed by atoms with van der Waals surface area (Å²) in [5, 5.41) is 18.7. The summed E-state index contributed by atoms with van der Waals surface area (Å²) in [6.45, 7) is 1.35. The molecule has 1 saturated carbocycles. The zero-order chi connectivity index (χ0) is 26.4. The van der Waals surface area contributed by atoms with Crippen LogP contribution in [0.25, 0.3) is 32.9 Å². The molecule has 196 valence electrons. The van der Waals surface area contributed by atoms with Crippen LogP contribution in [-0.2, 0) is 7.05 Å². The van der Waals surface area contributed by atoms with E-state index in [1.807, 2.05) is 35.9 Å². The third kappa shape index (κ3) is 4.20. The predicted octanol–water partition coefficient (Wildman–Crippen LogP) is 5.93. The molecule has 2 amide bonds. The minimum atomic E-state index is -0.457. The lowest BCUT2D eigenvalue weighted by Gasteiger charge is -2.22. The number of carbonyl (C=O) groups is 2. The van der Waals surface area contributed by atoms with Crippen LogP contribution in [0, 0.1) is 0 Å². The van der Waals surface area contributed by atoms with Crippen molar-refractivity contribution >= 4 is 45.2 Å². The van der Waals surface area contributed by atoms with Crippen molar-refractivity contribution in [2.75, 3.05) is 13.2 Å². The fraction of sp³-hybridized carbons (Fsp3) is 0.333. The fourth-order valence-electron chi connectivity index (χ4n) is 5.94. The number of hydrogen-bond donors (Lipinski definition) is 3. The Morgan fingerprint density at radius 2 is 1.79 bits per heavy atom. The Labute approximate surface area is 225 Å². The summed E-state index contributed by atoms with van der Waals surface area (Å²) in [6.07, 6.45) is 7.25. The number of phenols is 1. The normalized spacial score (nSPS) is 15.8. The average molecular weight is 532 g/mol. The second-order valence-electron chi connectivity index (χ2n) is 10.2. The van der Waals surface area contributed by atoms with Gasteiger partial charge in [0.05, 0.1) is 28.8 Å². The zero-order valence-corrected chi connectivity index (χ0v) is 22.0. The number of rotatable bonds is 7. The number of aromatic hydroxyl groups is 1. The van der Waals surface area contributed by atoms with Gasteiger partial charge in [-0.1, -0.05) is 49.1 Å². The molecule has 0 saturated heterocycles. The van der Waals surface area contributed by atoms with Gasteiger partial charge in [-0.2, -0.15) is 0 Å². The maximum atomic E-state index is 13.0. The Hall–Kier alpha value is -3.55. The van der Waals surface area contributed by atoms with Crippen molar-refractivity contribution < 1.29 is 19.4 Å². The Morgan fingerprint density at radius 1 is 1.03 bits per heavy atom. The first kappa shape index (κ1) is 24.8. The molecule has 0 atom stereocenters. The molecule has 3 aromatic carbocycles. The molecule has 8 heteroatoms. The number of carbonyl (C=O) groups excluding carboxylic acids is 2. The molecule has 3 N–H and O–H groups in total. The van der Waals surface area contributed by atoms with E-state index in [0.29, 0.717) is 56.4 Å². The van der Waals surface area contributed by atoms with E-state index in [0.717, 1.165) is 24.0 Å². The lowest BCUT2D eigenvalue weighted by Crippen LogP contribution is -2.32. The quantitative estimate of drug-likeness (QED) is 0.203. The Morgan fingerprint density at radius 3 is 2.58 bits per heavy atom. The summed E-state index contributed by atoms with van der Waals surface area (Å²) in [4.78, 5) is 25.9. The highest BCUT2D eigenvalue weighted by Crippen LogP contribution is 2.44. The summed E-state index contributed by atoms with van der Waals surface area (Å²) < 4.78 is 7.93. The number of nitrogens with zero attached hydrogens (tertiary/aromatic N) is 1. The summed E-state index contributed by atoms with van der Waals surface area (Å²) >= 11 is 6.49. The highest BCUT2D eigenvalue weighted by atomic mass is 35.5. The highest BCUT2D eigenvalue weighted by molar-refractivity contribution is 6.36. The number of benzene rings is 3. The molecule has 2 aliphatic rings. The Kier molecular flexibility index (Phi) is 6.50. The second-order valence-corrected chi connectivity index (χ2v) is 10.6. The predicted molar refractivity (Wildman–Crippen MR) is 149 cm³/mol. The maximum Gasteiger partial charge on any atom is 0.259 e. The number of nitrogens with one attached hydrogen (secondary N) is 2. The minimum absolute atomic E-state index is 0.00102. The van der Waals surface area contributed by atoms with E-state index in [-0.39, 0.29) is 5.75 Å². The fourth-order valence-corrected chi connectivity index (χ4v) is 6.17. The molecule has 1 aliphatic carbocycles. The van der Waals surface area contributed by atoms with Gasteiger partial charge in [-0.25, -0.2) is 0 Å². The molecular formula is C30H30ClN3O4. The van der Waals surface area contributed by atoms with Gasteiger partial charge in [0, 0.05) is 40.5 Å². The van der Waals surface area contributed by atoms with Crippen LogP contribution in [0.2, 0.25) is 5.02 Å². The molecule has 1 aliphatic heterocycles. The van der Waals surface area contributed by atoms with Crippen LogP contribution in [0.15, 0.2) is 42.5 Å². The summed E-state index contributed by atoms with van der Waals surface area (Å²) in [6, 6.07) is 13.2. The van der Waals surface area contributed by atoms with Gasteiger partial charge in [0.2, 0.25) is 0 Å². The van der Waals surface area contributed by atoms with Crippen LogP contribution >= 0.6 is 11.6 Å². The van der Waals surface area contributed by atoms with Gasteiger partial charge < -0.3 is 19.7 Å². The van der Waals surface area contributed by atoms with Crippen molar-refractivity contribution in [3.05, 3.63) is 58.6 Å². The van der Waals surface area contributed by atoms with E-state index < -0.39 is 11.8 Å². The van der Waals surface area contributed by atoms with Crippen LogP contribution < -0.4 is 15.4 Å². The SMILES string of the molecule is Cn1c2cc(OCCCNC3CCCCC3)c(O)cc2c2c3c(c(-c4ccccc4Cl)cc21)C(=O)NC3=O. The first-order chi connectivity index (χ1) is 18.4. The molecule has 2 heterocycles. The number of aryl methyl sites for hydroxylation is 1. The van der Waals surface area contributed by atoms with Crippen LogP contribution in [0.5, 0.6) is 11.5 Å². The van der Waals surface area contributed by atoms with E-state index in [1.54, 1.807) is 18.2 Å². The van der Waals surface area contributed by atoms with Gasteiger partial charge in [0.25, 0.3) is 11.8 Å². The van der Waals surface area contributed by atoms with Crippen molar-refractivity contribution in [1.29, 1.82) is 0 Å². The lowest BCUT2D eigenvalue weighted by atomic mass is 9.93. The largest absolute Gasteiger partial charge is 0.504 e. The molecular weight excluding hydrogens is 502 g/mol. The third-order valence-corrected chi connectivity index (χ3v) is 8.17. The van der Waals surface area contributed by atoms with Crippen LogP contribution in [0.3, 0.4) is 0 Å². The van der Waals surface area contributed by atoms with Crippen molar-refractivity contribution in [3.8, 4) is 22.6 Å². The van der Waals surface area contributed by atoms with E-state index in [2.05, 4.69) is 10.6 Å². The Balaban J connectivity index is 1.36. The molecule has 38 heavy (non-hydrogen) atoms. The van der Waals surface area contributed by atoms with Gasteiger partial charge in [0.1, 0.15) is 0 Å². The first-order valence-electron chi connectivity index (χ1n) is 13.2. The van der Waals surface area contributed by atoms with E-state index in [4.69, 9.17) is 16.3 Å². The number of imide groups is 1. The molecule has 4 aromatic rings. The summed E-state index contributed by atoms with van der Waals surface area (Å²) in [7, 11) is 1.90. The molecule has 0 bridgehead atoms. The van der Waals surface area contributed by atoms with Crippen LogP contribution in [0.1, 0.15) is 59.2 Å². The second kappa shape index (κ2) is 9.97. The monoisotopic (exact) mass is 531 g/mol.